The zero-order valence-electron chi connectivity index (χ0n) is 15.4. The topological polar surface area (TPSA) is 34.6 Å². The predicted molar refractivity (Wildman–Crippen MR) is 98.3 cm³/mol. The van der Waals surface area contributed by atoms with Crippen LogP contribution in [0.15, 0.2) is 24.5 Å². The molecule has 25 heavy (non-hydrogen) atoms. The van der Waals surface area contributed by atoms with Crippen molar-refractivity contribution < 1.29 is 9.47 Å². The molecule has 0 amide bonds. The van der Waals surface area contributed by atoms with Gasteiger partial charge in [0.15, 0.2) is 0 Å². The van der Waals surface area contributed by atoms with E-state index in [1.807, 2.05) is 18.5 Å². The molecule has 2 saturated heterocycles. The van der Waals surface area contributed by atoms with Crippen molar-refractivity contribution in [2.75, 3.05) is 32.9 Å². The molecule has 1 aromatic heterocycles. The van der Waals surface area contributed by atoms with Gasteiger partial charge in [0.2, 0.25) is 0 Å². The third-order valence-electron chi connectivity index (χ3n) is 6.87. The van der Waals surface area contributed by atoms with E-state index in [1.165, 1.54) is 58.0 Å². The molecule has 1 spiro atoms. The minimum atomic E-state index is 0.447. The van der Waals surface area contributed by atoms with Gasteiger partial charge in [-0.15, -0.1) is 0 Å². The minimum absolute atomic E-state index is 0.447. The van der Waals surface area contributed by atoms with E-state index in [-0.39, 0.29) is 0 Å². The lowest BCUT2D eigenvalue weighted by molar-refractivity contribution is -0.105. The number of nitrogens with zero attached hydrogens (tertiary/aromatic N) is 2. The maximum atomic E-state index is 6.08. The minimum Gasteiger partial charge on any atom is -0.381 e. The van der Waals surface area contributed by atoms with Gasteiger partial charge in [-0.1, -0.05) is 18.9 Å². The molecule has 2 aliphatic heterocycles. The highest BCUT2D eigenvalue weighted by atomic mass is 16.5. The van der Waals surface area contributed by atoms with Gasteiger partial charge in [-0.25, -0.2) is 0 Å². The molecule has 3 fully saturated rings. The Morgan fingerprint density at radius 3 is 2.80 bits per heavy atom. The Morgan fingerprint density at radius 1 is 1.20 bits per heavy atom. The van der Waals surface area contributed by atoms with E-state index in [1.54, 1.807) is 0 Å². The standard InChI is InChI=1S/C21H32N2O2/c1-2-6-20(5-1)23-11-7-21(8-12-23)9-13-24-16-19(21)17-25-15-18-4-3-10-22-14-18/h3-4,10,14,19-20H,1-2,5-9,11-13,15-17H2/t19-/m1/s1. The van der Waals surface area contributed by atoms with Crippen LogP contribution in [0.2, 0.25) is 0 Å². The third-order valence-corrected chi connectivity index (χ3v) is 6.87. The van der Waals surface area contributed by atoms with Crippen LogP contribution < -0.4 is 0 Å². The van der Waals surface area contributed by atoms with Crippen LogP contribution in [0.5, 0.6) is 0 Å². The van der Waals surface area contributed by atoms with Crippen molar-refractivity contribution in [2.45, 2.75) is 57.6 Å². The van der Waals surface area contributed by atoms with Crippen LogP contribution in [0.3, 0.4) is 0 Å². The lowest BCUT2D eigenvalue weighted by atomic mass is 9.66. The van der Waals surface area contributed by atoms with Crippen molar-refractivity contribution in [3.8, 4) is 0 Å². The number of hydrogen-bond acceptors (Lipinski definition) is 4. The molecule has 1 atom stereocenters. The van der Waals surface area contributed by atoms with E-state index in [4.69, 9.17) is 9.47 Å². The second-order valence-electron chi connectivity index (χ2n) is 8.23. The van der Waals surface area contributed by atoms with Crippen LogP contribution >= 0.6 is 0 Å². The summed E-state index contributed by atoms with van der Waals surface area (Å²) in [6.45, 7) is 5.85. The number of aromatic nitrogens is 1. The average molecular weight is 344 g/mol. The van der Waals surface area contributed by atoms with Crippen molar-refractivity contribution in [1.82, 2.24) is 9.88 Å². The molecular formula is C21H32N2O2. The number of piperidine rings is 1. The van der Waals surface area contributed by atoms with Crippen LogP contribution in [0.4, 0.5) is 0 Å². The highest BCUT2D eigenvalue weighted by Gasteiger charge is 2.44. The van der Waals surface area contributed by atoms with Crippen LogP contribution in [0, 0.1) is 11.3 Å². The molecule has 0 unspecified atom stereocenters. The summed E-state index contributed by atoms with van der Waals surface area (Å²) in [4.78, 5) is 6.95. The summed E-state index contributed by atoms with van der Waals surface area (Å²) in [6, 6.07) is 4.93. The van der Waals surface area contributed by atoms with Gasteiger partial charge in [0.05, 0.1) is 19.8 Å². The first-order chi connectivity index (χ1) is 12.4. The Labute approximate surface area is 151 Å². The lowest BCUT2D eigenvalue weighted by Crippen LogP contribution is -2.51. The van der Waals surface area contributed by atoms with Gasteiger partial charge in [0.25, 0.3) is 0 Å². The molecule has 1 aliphatic carbocycles. The Hall–Kier alpha value is -0.970. The highest BCUT2D eigenvalue weighted by molar-refractivity contribution is 5.06. The molecule has 1 saturated carbocycles. The Bertz CT molecular complexity index is 522. The monoisotopic (exact) mass is 344 g/mol. The van der Waals surface area contributed by atoms with Gasteiger partial charge < -0.3 is 14.4 Å². The number of rotatable bonds is 5. The second kappa shape index (κ2) is 8.15. The van der Waals surface area contributed by atoms with Gasteiger partial charge >= 0.3 is 0 Å². The summed E-state index contributed by atoms with van der Waals surface area (Å²) in [7, 11) is 0. The first-order valence-corrected chi connectivity index (χ1v) is 10.1. The Balaban J connectivity index is 1.31. The normalized spacial score (nSPS) is 27.8. The summed E-state index contributed by atoms with van der Waals surface area (Å²) < 4.78 is 11.9. The molecule has 0 N–H and O–H groups in total. The largest absolute Gasteiger partial charge is 0.381 e. The van der Waals surface area contributed by atoms with Gasteiger partial charge in [-0.2, -0.15) is 0 Å². The van der Waals surface area contributed by atoms with E-state index >= 15 is 0 Å². The second-order valence-corrected chi connectivity index (χ2v) is 8.23. The van der Waals surface area contributed by atoms with Crippen LogP contribution in [0.1, 0.15) is 50.5 Å². The Kier molecular flexibility index (Phi) is 5.69. The van der Waals surface area contributed by atoms with Crippen molar-refractivity contribution in [1.29, 1.82) is 0 Å². The van der Waals surface area contributed by atoms with E-state index < -0.39 is 0 Å². The highest BCUT2D eigenvalue weighted by Crippen LogP contribution is 2.45. The fourth-order valence-electron chi connectivity index (χ4n) is 5.17. The number of pyridine rings is 1. The zero-order chi connectivity index (χ0) is 17.0. The average Bonchev–Trinajstić information content (AvgIpc) is 3.20. The van der Waals surface area contributed by atoms with Gasteiger partial charge in [-0.3, -0.25) is 4.98 Å². The van der Waals surface area contributed by atoms with E-state index in [2.05, 4.69) is 16.0 Å². The molecule has 138 valence electrons. The molecule has 0 bridgehead atoms. The molecule has 1 aromatic rings. The maximum Gasteiger partial charge on any atom is 0.0731 e. The van der Waals surface area contributed by atoms with Crippen molar-refractivity contribution in [3.05, 3.63) is 30.1 Å². The lowest BCUT2D eigenvalue weighted by Gasteiger charge is -2.50. The van der Waals surface area contributed by atoms with E-state index in [0.29, 0.717) is 17.9 Å². The van der Waals surface area contributed by atoms with Crippen LogP contribution in [-0.2, 0) is 16.1 Å². The molecule has 0 aromatic carbocycles. The molecule has 4 rings (SSSR count). The predicted octanol–water partition coefficient (Wildman–Crippen LogP) is 3.66. The fourth-order valence-corrected chi connectivity index (χ4v) is 5.17. The quantitative estimate of drug-likeness (QED) is 0.816. The third kappa shape index (κ3) is 4.07. The summed E-state index contributed by atoms with van der Waals surface area (Å²) in [5.74, 6) is 0.545. The summed E-state index contributed by atoms with van der Waals surface area (Å²) >= 11 is 0. The first kappa shape index (κ1) is 17.4. The summed E-state index contributed by atoms with van der Waals surface area (Å²) in [5, 5.41) is 0. The number of hydrogen-bond donors (Lipinski definition) is 0. The smallest absolute Gasteiger partial charge is 0.0731 e. The van der Waals surface area contributed by atoms with Gasteiger partial charge in [0.1, 0.15) is 0 Å². The van der Waals surface area contributed by atoms with Gasteiger partial charge in [-0.05, 0) is 62.2 Å². The summed E-state index contributed by atoms with van der Waals surface area (Å²) in [6.07, 6.45) is 13.3. The summed E-state index contributed by atoms with van der Waals surface area (Å²) in [5.41, 5.74) is 1.60. The van der Waals surface area contributed by atoms with Crippen molar-refractivity contribution in [3.63, 3.8) is 0 Å². The van der Waals surface area contributed by atoms with E-state index in [9.17, 15) is 0 Å². The molecule has 3 aliphatic rings. The number of likely N-dealkylation sites (tertiary alicyclic amines) is 1. The fraction of sp³-hybridized carbons (Fsp3) is 0.762. The van der Waals surface area contributed by atoms with Crippen LogP contribution in [-0.4, -0.2) is 48.8 Å². The van der Waals surface area contributed by atoms with Crippen LogP contribution in [0.25, 0.3) is 0 Å². The molecule has 4 heteroatoms. The zero-order valence-corrected chi connectivity index (χ0v) is 15.4. The van der Waals surface area contributed by atoms with E-state index in [0.717, 1.165) is 31.4 Å². The van der Waals surface area contributed by atoms with Gasteiger partial charge in [0, 0.05) is 31.0 Å². The first-order valence-electron chi connectivity index (χ1n) is 10.1. The Morgan fingerprint density at radius 2 is 2.04 bits per heavy atom. The molecule has 0 radical (unpaired) electrons. The van der Waals surface area contributed by atoms with Crippen molar-refractivity contribution >= 4 is 0 Å². The molecular weight excluding hydrogens is 312 g/mol. The SMILES string of the molecule is c1cncc(COC[C@H]2COCCC23CCN(C2CCCC2)CC3)c1. The molecule has 3 heterocycles. The maximum absolute atomic E-state index is 6.08. The molecule has 4 nitrogen and oxygen atoms in total. The van der Waals surface area contributed by atoms with Crippen molar-refractivity contribution in [2.24, 2.45) is 11.3 Å². The number of ether oxygens (including phenoxy) is 2.